The van der Waals surface area contributed by atoms with E-state index >= 15 is 0 Å². The molecule has 0 radical (unpaired) electrons. The smallest absolute Gasteiger partial charge is 0.239 e. The van der Waals surface area contributed by atoms with Crippen molar-refractivity contribution < 1.29 is 4.79 Å². The van der Waals surface area contributed by atoms with Crippen molar-refractivity contribution in [3.05, 3.63) is 0 Å². The van der Waals surface area contributed by atoms with Crippen LogP contribution < -0.4 is 11.1 Å². The van der Waals surface area contributed by atoms with Crippen LogP contribution in [0.5, 0.6) is 0 Å². The van der Waals surface area contributed by atoms with Gasteiger partial charge in [0, 0.05) is 19.6 Å². The van der Waals surface area contributed by atoms with Gasteiger partial charge in [0.15, 0.2) is 0 Å². The lowest BCUT2D eigenvalue weighted by molar-refractivity contribution is -0.126. The van der Waals surface area contributed by atoms with E-state index in [2.05, 4.69) is 36.1 Å². The summed E-state index contributed by atoms with van der Waals surface area (Å²) in [7, 11) is 4.23. The Morgan fingerprint density at radius 1 is 1.38 bits per heavy atom. The fourth-order valence-corrected chi connectivity index (χ4v) is 2.83. The highest BCUT2D eigenvalue weighted by molar-refractivity contribution is 5.85. The number of carbonyl (C=O) groups excluding carboxylic acids is 1. The molecule has 0 aromatic heterocycles. The van der Waals surface area contributed by atoms with Gasteiger partial charge in [0.2, 0.25) is 5.91 Å². The number of nitrogens with two attached hydrogens (primary N) is 1. The highest BCUT2D eigenvalue weighted by Gasteiger charge is 2.28. The summed E-state index contributed by atoms with van der Waals surface area (Å²) in [4.78, 5) is 16.8. The van der Waals surface area contributed by atoms with Crippen molar-refractivity contribution in [2.45, 2.75) is 45.1 Å². The topological polar surface area (TPSA) is 61.6 Å². The van der Waals surface area contributed by atoms with Crippen molar-refractivity contribution in [1.82, 2.24) is 15.1 Å². The zero-order chi connectivity index (χ0) is 15.9. The van der Waals surface area contributed by atoms with Gasteiger partial charge in [-0.1, -0.05) is 13.3 Å². The Kier molecular flexibility index (Phi) is 7.63. The predicted octanol–water partition coefficient (Wildman–Crippen LogP) is 0.894. The van der Waals surface area contributed by atoms with Gasteiger partial charge in [-0.25, -0.2) is 0 Å². The molecule has 1 aliphatic heterocycles. The Bertz CT molecular complexity index is 309. The molecule has 0 aromatic carbocycles. The average molecular weight is 298 g/mol. The van der Waals surface area contributed by atoms with Crippen LogP contribution in [0.4, 0.5) is 0 Å². The zero-order valence-corrected chi connectivity index (χ0v) is 14.3. The van der Waals surface area contributed by atoms with E-state index in [0.717, 1.165) is 45.6 Å². The average Bonchev–Trinajstić information content (AvgIpc) is 2.43. The Balaban J connectivity index is 2.22. The molecule has 1 amide bonds. The van der Waals surface area contributed by atoms with Crippen LogP contribution in [-0.4, -0.2) is 68.1 Å². The summed E-state index contributed by atoms with van der Waals surface area (Å²) >= 11 is 0. The Hall–Kier alpha value is -0.650. The highest BCUT2D eigenvalue weighted by atomic mass is 16.2. The molecule has 1 rings (SSSR count). The first-order chi connectivity index (χ1) is 9.85. The molecule has 5 nitrogen and oxygen atoms in total. The fraction of sp³-hybridized carbons (Fsp3) is 0.938. The third-order valence-electron chi connectivity index (χ3n) is 4.41. The lowest BCUT2D eigenvalue weighted by Crippen LogP contribution is -2.52. The van der Waals surface area contributed by atoms with E-state index in [4.69, 9.17) is 5.73 Å². The van der Waals surface area contributed by atoms with Gasteiger partial charge in [-0.15, -0.1) is 0 Å². The van der Waals surface area contributed by atoms with E-state index in [-0.39, 0.29) is 5.91 Å². The largest absolute Gasteiger partial charge is 0.354 e. The van der Waals surface area contributed by atoms with E-state index < -0.39 is 5.54 Å². The van der Waals surface area contributed by atoms with Crippen molar-refractivity contribution in [2.75, 3.05) is 46.8 Å². The molecule has 1 aliphatic rings. The van der Waals surface area contributed by atoms with E-state index in [1.807, 2.05) is 6.92 Å². The van der Waals surface area contributed by atoms with Crippen molar-refractivity contribution >= 4 is 5.91 Å². The second-order valence-electron chi connectivity index (χ2n) is 6.97. The molecule has 1 unspecified atom stereocenters. The van der Waals surface area contributed by atoms with Crippen LogP contribution in [0.2, 0.25) is 0 Å². The van der Waals surface area contributed by atoms with Crippen molar-refractivity contribution in [2.24, 2.45) is 11.7 Å². The highest BCUT2D eigenvalue weighted by Crippen LogP contribution is 2.16. The van der Waals surface area contributed by atoms with E-state index in [1.165, 1.54) is 12.8 Å². The molecule has 1 atom stereocenters. The molecule has 1 heterocycles. The molecule has 0 aromatic rings. The van der Waals surface area contributed by atoms with Crippen molar-refractivity contribution in [1.29, 1.82) is 0 Å². The first-order valence-electron chi connectivity index (χ1n) is 8.29. The fourth-order valence-electron chi connectivity index (χ4n) is 2.83. The minimum absolute atomic E-state index is 0.000567. The second kappa shape index (κ2) is 8.71. The number of likely N-dealkylation sites (N-methyl/N-ethyl adjacent to an activating group) is 1. The van der Waals surface area contributed by atoms with Gasteiger partial charge in [-0.05, 0) is 59.3 Å². The normalized spacial score (nSPS) is 20.5. The lowest BCUT2D eigenvalue weighted by Gasteiger charge is -2.33. The standard InChI is InChI=1S/C16H34N4O/c1-5-8-16(2,17)15(21)18-13-14-6-9-20(10-7-14)12-11-19(3)4/h14H,5-13,17H2,1-4H3,(H,18,21). The maximum Gasteiger partial charge on any atom is 0.239 e. The molecule has 0 bridgehead atoms. The van der Waals surface area contributed by atoms with Gasteiger partial charge in [0.1, 0.15) is 0 Å². The molecular weight excluding hydrogens is 264 g/mol. The maximum atomic E-state index is 12.1. The molecule has 0 aliphatic carbocycles. The summed E-state index contributed by atoms with van der Waals surface area (Å²) < 4.78 is 0. The van der Waals surface area contributed by atoms with Crippen molar-refractivity contribution in [3.8, 4) is 0 Å². The summed E-state index contributed by atoms with van der Waals surface area (Å²) in [5.41, 5.74) is 5.33. The summed E-state index contributed by atoms with van der Waals surface area (Å²) in [5.74, 6) is 0.598. The lowest BCUT2D eigenvalue weighted by atomic mass is 9.94. The monoisotopic (exact) mass is 298 g/mol. The molecular formula is C16H34N4O. The minimum Gasteiger partial charge on any atom is -0.354 e. The predicted molar refractivity (Wildman–Crippen MR) is 88.2 cm³/mol. The molecule has 5 heteroatoms. The van der Waals surface area contributed by atoms with Gasteiger partial charge < -0.3 is 20.9 Å². The summed E-state index contributed by atoms with van der Waals surface area (Å²) in [5, 5.41) is 3.05. The molecule has 124 valence electrons. The first-order valence-corrected chi connectivity index (χ1v) is 8.29. The second-order valence-corrected chi connectivity index (χ2v) is 6.97. The van der Waals surface area contributed by atoms with Crippen LogP contribution in [0.25, 0.3) is 0 Å². The number of piperidine rings is 1. The van der Waals surface area contributed by atoms with Gasteiger partial charge in [0.05, 0.1) is 5.54 Å². The minimum atomic E-state index is -0.721. The van der Waals surface area contributed by atoms with E-state index in [1.54, 1.807) is 0 Å². The Labute approximate surface area is 130 Å². The molecule has 3 N–H and O–H groups in total. The number of carbonyl (C=O) groups is 1. The van der Waals surface area contributed by atoms with Crippen LogP contribution in [0.15, 0.2) is 0 Å². The molecule has 21 heavy (non-hydrogen) atoms. The van der Waals surface area contributed by atoms with E-state index in [9.17, 15) is 4.79 Å². The number of rotatable bonds is 8. The Morgan fingerprint density at radius 3 is 2.52 bits per heavy atom. The Morgan fingerprint density at radius 2 is 2.00 bits per heavy atom. The third-order valence-corrected chi connectivity index (χ3v) is 4.41. The number of likely N-dealkylation sites (tertiary alicyclic amines) is 1. The summed E-state index contributed by atoms with van der Waals surface area (Å²) in [6.07, 6.45) is 4.01. The van der Waals surface area contributed by atoms with Crippen LogP contribution in [0.3, 0.4) is 0 Å². The maximum absolute atomic E-state index is 12.1. The summed E-state index contributed by atoms with van der Waals surface area (Å²) in [6.45, 7) is 9.20. The van der Waals surface area contributed by atoms with Crippen LogP contribution >= 0.6 is 0 Å². The quantitative estimate of drug-likeness (QED) is 0.699. The SMILES string of the molecule is CCCC(C)(N)C(=O)NCC1CCN(CCN(C)C)CC1. The summed E-state index contributed by atoms with van der Waals surface area (Å²) in [6, 6.07) is 0. The van der Waals surface area contributed by atoms with Gasteiger partial charge in [0.25, 0.3) is 0 Å². The number of hydrogen-bond acceptors (Lipinski definition) is 4. The van der Waals surface area contributed by atoms with E-state index in [0.29, 0.717) is 5.92 Å². The van der Waals surface area contributed by atoms with Crippen LogP contribution in [0.1, 0.15) is 39.5 Å². The first kappa shape index (κ1) is 18.4. The van der Waals surface area contributed by atoms with Gasteiger partial charge in [-0.3, -0.25) is 4.79 Å². The molecule has 0 saturated carbocycles. The van der Waals surface area contributed by atoms with Crippen LogP contribution in [0, 0.1) is 5.92 Å². The molecule has 0 spiro atoms. The van der Waals surface area contributed by atoms with Crippen molar-refractivity contribution in [3.63, 3.8) is 0 Å². The number of amides is 1. The van der Waals surface area contributed by atoms with Gasteiger partial charge >= 0.3 is 0 Å². The third kappa shape index (κ3) is 6.76. The van der Waals surface area contributed by atoms with Crippen LogP contribution in [-0.2, 0) is 4.79 Å². The number of hydrogen-bond donors (Lipinski definition) is 2. The van der Waals surface area contributed by atoms with Gasteiger partial charge in [-0.2, -0.15) is 0 Å². The number of nitrogens with zero attached hydrogens (tertiary/aromatic N) is 2. The molecule has 1 saturated heterocycles. The number of nitrogens with one attached hydrogen (secondary N) is 1. The zero-order valence-electron chi connectivity index (χ0n) is 14.3. The molecule has 1 fully saturated rings.